The molecule has 1 aliphatic heterocycles. The average molecular weight is 271 g/mol. The molecule has 0 aliphatic carbocycles. The third kappa shape index (κ3) is 3.11. The van der Waals surface area contributed by atoms with E-state index in [4.69, 9.17) is 5.26 Å². The molecule has 2 rings (SSSR count). The summed E-state index contributed by atoms with van der Waals surface area (Å²) in [6.45, 7) is 3.46. The summed E-state index contributed by atoms with van der Waals surface area (Å²) in [6.07, 6.45) is 1.94. The van der Waals surface area contributed by atoms with Gasteiger partial charge in [0.1, 0.15) is 0 Å². The molecule has 1 atom stereocenters. The Kier molecular flexibility index (Phi) is 4.62. The van der Waals surface area contributed by atoms with Crippen molar-refractivity contribution in [1.82, 2.24) is 4.90 Å². The van der Waals surface area contributed by atoms with Crippen LogP contribution in [0.2, 0.25) is 0 Å². The summed E-state index contributed by atoms with van der Waals surface area (Å²) in [7, 11) is 1.76. The van der Waals surface area contributed by atoms with Gasteiger partial charge < -0.3 is 9.80 Å². The van der Waals surface area contributed by atoms with Gasteiger partial charge in [-0.15, -0.1) is 0 Å². The molecule has 1 aromatic carbocycles. The molecule has 4 heteroatoms. The van der Waals surface area contributed by atoms with Crippen LogP contribution in [0, 0.1) is 11.3 Å². The fourth-order valence-electron chi connectivity index (χ4n) is 2.72. The van der Waals surface area contributed by atoms with Crippen molar-refractivity contribution in [3.63, 3.8) is 0 Å². The zero-order valence-corrected chi connectivity index (χ0v) is 12.2. The predicted molar refractivity (Wildman–Crippen MR) is 79.4 cm³/mol. The molecule has 0 N–H and O–H groups in total. The van der Waals surface area contributed by atoms with E-state index in [1.54, 1.807) is 11.9 Å². The molecule has 0 bridgehead atoms. The van der Waals surface area contributed by atoms with Crippen LogP contribution in [0.5, 0.6) is 0 Å². The maximum atomic E-state index is 12.0. The number of carbonyl (C=O) groups excluding carboxylic acids is 1. The summed E-state index contributed by atoms with van der Waals surface area (Å²) in [5.41, 5.74) is 2.62. The molecule has 1 aromatic rings. The summed E-state index contributed by atoms with van der Waals surface area (Å²) in [5.74, 6) is 0.108. The monoisotopic (exact) mass is 271 g/mol. The van der Waals surface area contributed by atoms with Crippen molar-refractivity contribution < 1.29 is 4.79 Å². The molecule has 20 heavy (non-hydrogen) atoms. The quantitative estimate of drug-likeness (QED) is 0.825. The molecule has 1 heterocycles. The SMILES string of the molecule is CC1Cc2ccccc2N1CCC(=O)N(C)CCC#N. The Hall–Kier alpha value is -2.02. The number of anilines is 1. The topological polar surface area (TPSA) is 47.3 Å². The fraction of sp³-hybridized carbons (Fsp3) is 0.500. The third-order valence-electron chi connectivity index (χ3n) is 3.90. The summed E-state index contributed by atoms with van der Waals surface area (Å²) in [6, 6.07) is 10.9. The van der Waals surface area contributed by atoms with Gasteiger partial charge >= 0.3 is 0 Å². The van der Waals surface area contributed by atoms with Gasteiger partial charge in [-0.3, -0.25) is 4.79 Å². The van der Waals surface area contributed by atoms with E-state index < -0.39 is 0 Å². The van der Waals surface area contributed by atoms with Crippen molar-refractivity contribution in [2.24, 2.45) is 0 Å². The van der Waals surface area contributed by atoms with Crippen molar-refractivity contribution in [2.75, 3.05) is 25.0 Å². The number of benzene rings is 1. The normalized spacial score (nSPS) is 16.6. The Morgan fingerprint density at radius 3 is 3.00 bits per heavy atom. The largest absolute Gasteiger partial charge is 0.368 e. The zero-order chi connectivity index (χ0) is 14.5. The van der Waals surface area contributed by atoms with Crippen molar-refractivity contribution in [3.8, 4) is 6.07 Å². The minimum Gasteiger partial charge on any atom is -0.368 e. The van der Waals surface area contributed by atoms with Gasteiger partial charge in [-0.1, -0.05) is 18.2 Å². The number of fused-ring (bicyclic) bond motifs is 1. The molecule has 4 nitrogen and oxygen atoms in total. The first kappa shape index (κ1) is 14.4. The number of nitrogens with zero attached hydrogens (tertiary/aromatic N) is 3. The molecule has 0 saturated heterocycles. The highest BCUT2D eigenvalue weighted by molar-refractivity contribution is 5.76. The molecular formula is C16H21N3O. The number of amides is 1. The molecule has 0 saturated carbocycles. The number of hydrogen-bond donors (Lipinski definition) is 0. The van der Waals surface area contributed by atoms with Gasteiger partial charge in [0, 0.05) is 38.3 Å². The first-order valence-electron chi connectivity index (χ1n) is 7.09. The van der Waals surface area contributed by atoms with Gasteiger partial charge in [-0.2, -0.15) is 5.26 Å². The molecule has 0 spiro atoms. The van der Waals surface area contributed by atoms with Crippen LogP contribution in [0.1, 0.15) is 25.3 Å². The molecule has 106 valence electrons. The third-order valence-corrected chi connectivity index (χ3v) is 3.90. The van der Waals surface area contributed by atoms with Crippen molar-refractivity contribution in [3.05, 3.63) is 29.8 Å². The van der Waals surface area contributed by atoms with E-state index >= 15 is 0 Å². The molecular weight excluding hydrogens is 250 g/mol. The second kappa shape index (κ2) is 6.42. The Morgan fingerprint density at radius 1 is 1.50 bits per heavy atom. The van der Waals surface area contributed by atoms with Crippen LogP contribution >= 0.6 is 0 Å². The molecule has 1 amide bonds. The summed E-state index contributed by atoms with van der Waals surface area (Å²) in [5, 5.41) is 8.55. The van der Waals surface area contributed by atoms with E-state index in [2.05, 4.69) is 36.1 Å². The lowest BCUT2D eigenvalue weighted by Crippen LogP contribution is -2.35. The number of hydrogen-bond acceptors (Lipinski definition) is 3. The number of rotatable bonds is 5. The Balaban J connectivity index is 1.91. The van der Waals surface area contributed by atoms with E-state index in [9.17, 15) is 4.79 Å². The zero-order valence-electron chi connectivity index (χ0n) is 12.2. The van der Waals surface area contributed by atoms with Crippen LogP contribution in [0.3, 0.4) is 0 Å². The minimum absolute atomic E-state index is 0.108. The lowest BCUT2D eigenvalue weighted by molar-refractivity contribution is -0.129. The fourth-order valence-corrected chi connectivity index (χ4v) is 2.72. The average Bonchev–Trinajstić information content (AvgIpc) is 2.77. The van der Waals surface area contributed by atoms with Gasteiger partial charge in [0.25, 0.3) is 0 Å². The standard InChI is InChI=1S/C16H21N3O/c1-13-12-14-6-3-4-7-15(14)19(13)11-8-16(20)18(2)10-5-9-17/h3-4,6-7,13H,5,8,10-12H2,1-2H3. The van der Waals surface area contributed by atoms with Crippen LogP contribution in [0.4, 0.5) is 5.69 Å². The highest BCUT2D eigenvalue weighted by Gasteiger charge is 2.25. The Labute approximate surface area is 120 Å². The summed E-state index contributed by atoms with van der Waals surface area (Å²) < 4.78 is 0. The lowest BCUT2D eigenvalue weighted by atomic mass is 10.1. The van der Waals surface area contributed by atoms with Gasteiger partial charge in [0.2, 0.25) is 5.91 Å². The van der Waals surface area contributed by atoms with E-state index in [0.29, 0.717) is 25.4 Å². The number of nitriles is 1. The maximum Gasteiger partial charge on any atom is 0.224 e. The van der Waals surface area contributed by atoms with Crippen molar-refractivity contribution in [1.29, 1.82) is 5.26 Å². The van der Waals surface area contributed by atoms with Crippen LogP contribution in [-0.2, 0) is 11.2 Å². The van der Waals surface area contributed by atoms with Crippen LogP contribution in [0.15, 0.2) is 24.3 Å². The Morgan fingerprint density at radius 2 is 2.25 bits per heavy atom. The molecule has 1 aliphatic rings. The predicted octanol–water partition coefficient (Wildman–Crippen LogP) is 2.20. The van der Waals surface area contributed by atoms with Crippen LogP contribution in [0.25, 0.3) is 0 Å². The van der Waals surface area contributed by atoms with Crippen LogP contribution < -0.4 is 4.90 Å². The van der Waals surface area contributed by atoms with E-state index in [0.717, 1.165) is 13.0 Å². The summed E-state index contributed by atoms with van der Waals surface area (Å²) >= 11 is 0. The van der Waals surface area contributed by atoms with Crippen molar-refractivity contribution >= 4 is 11.6 Å². The summed E-state index contributed by atoms with van der Waals surface area (Å²) in [4.78, 5) is 16.0. The smallest absolute Gasteiger partial charge is 0.224 e. The van der Waals surface area contributed by atoms with E-state index in [1.165, 1.54) is 11.3 Å². The molecule has 0 aromatic heterocycles. The highest BCUT2D eigenvalue weighted by atomic mass is 16.2. The first-order chi connectivity index (χ1) is 9.63. The molecule has 0 fully saturated rings. The Bertz CT molecular complexity index is 521. The number of carbonyl (C=O) groups is 1. The highest BCUT2D eigenvalue weighted by Crippen LogP contribution is 2.31. The van der Waals surface area contributed by atoms with E-state index in [-0.39, 0.29) is 5.91 Å². The van der Waals surface area contributed by atoms with Gasteiger partial charge in [-0.05, 0) is 25.0 Å². The number of para-hydroxylation sites is 1. The van der Waals surface area contributed by atoms with Gasteiger partial charge in [0.15, 0.2) is 0 Å². The van der Waals surface area contributed by atoms with E-state index in [1.807, 2.05) is 6.07 Å². The molecule has 0 radical (unpaired) electrons. The second-order valence-corrected chi connectivity index (χ2v) is 5.35. The van der Waals surface area contributed by atoms with Gasteiger partial charge in [0.05, 0.1) is 12.5 Å². The maximum absolute atomic E-state index is 12.0. The molecule has 1 unspecified atom stereocenters. The minimum atomic E-state index is 0.108. The van der Waals surface area contributed by atoms with Crippen molar-refractivity contribution in [2.45, 2.75) is 32.2 Å². The lowest BCUT2D eigenvalue weighted by Gasteiger charge is -2.25. The van der Waals surface area contributed by atoms with Crippen LogP contribution in [-0.4, -0.2) is 37.0 Å². The van der Waals surface area contributed by atoms with Gasteiger partial charge in [-0.25, -0.2) is 0 Å². The first-order valence-corrected chi connectivity index (χ1v) is 7.09. The second-order valence-electron chi connectivity index (χ2n) is 5.35.